The van der Waals surface area contributed by atoms with Crippen molar-refractivity contribution in [1.82, 2.24) is 14.8 Å². The fourth-order valence-corrected chi connectivity index (χ4v) is 6.88. The fraction of sp³-hybridized carbons (Fsp3) is 0.450. The molecule has 0 saturated heterocycles. The predicted molar refractivity (Wildman–Crippen MR) is 185 cm³/mol. The first-order valence-corrected chi connectivity index (χ1v) is 17.4. The van der Waals surface area contributed by atoms with Crippen molar-refractivity contribution in [3.05, 3.63) is 107 Å². The van der Waals surface area contributed by atoms with Crippen molar-refractivity contribution in [3.8, 4) is 0 Å². The van der Waals surface area contributed by atoms with Crippen molar-refractivity contribution in [2.75, 3.05) is 19.6 Å². The fourth-order valence-electron chi connectivity index (χ4n) is 6.88. The SMILES string of the molecule is CCCCCCCCCCCC(=O)N(CCC(=O)N1CCc2c([nH]c3ccccc23)C1c1ccccc1)CCc1ccccc1. The molecule has 5 heteroatoms. The number of rotatable bonds is 17. The van der Waals surface area contributed by atoms with Crippen LogP contribution in [0.15, 0.2) is 84.9 Å². The molecule has 0 aliphatic carbocycles. The molecule has 1 aliphatic heterocycles. The Kier molecular flexibility index (Phi) is 12.3. The highest BCUT2D eigenvalue weighted by Crippen LogP contribution is 2.38. The van der Waals surface area contributed by atoms with Crippen LogP contribution in [0.1, 0.15) is 106 Å². The smallest absolute Gasteiger partial charge is 0.225 e. The normalized spacial score (nSPS) is 14.4. The van der Waals surface area contributed by atoms with Crippen LogP contribution in [-0.2, 0) is 22.4 Å². The zero-order valence-corrected chi connectivity index (χ0v) is 27.2. The highest BCUT2D eigenvalue weighted by Gasteiger charge is 2.34. The van der Waals surface area contributed by atoms with Gasteiger partial charge in [0.1, 0.15) is 0 Å². The van der Waals surface area contributed by atoms with Crippen molar-refractivity contribution in [3.63, 3.8) is 0 Å². The summed E-state index contributed by atoms with van der Waals surface area (Å²) < 4.78 is 0. The Balaban J connectivity index is 1.22. The van der Waals surface area contributed by atoms with Gasteiger partial charge in [-0.3, -0.25) is 9.59 Å². The summed E-state index contributed by atoms with van der Waals surface area (Å²) in [6.45, 7) is 4.02. The number of benzene rings is 3. The number of nitrogens with zero attached hydrogens (tertiary/aromatic N) is 2. The van der Waals surface area contributed by atoms with Gasteiger partial charge in [-0.2, -0.15) is 0 Å². The number of carbonyl (C=O) groups is 2. The third kappa shape index (κ3) is 8.87. The van der Waals surface area contributed by atoms with Gasteiger partial charge in [-0.25, -0.2) is 0 Å². The monoisotopic (exact) mass is 605 g/mol. The van der Waals surface area contributed by atoms with Gasteiger partial charge in [0, 0.05) is 49.1 Å². The van der Waals surface area contributed by atoms with Crippen molar-refractivity contribution in [2.45, 2.75) is 96.4 Å². The molecule has 3 aromatic carbocycles. The molecule has 5 nitrogen and oxygen atoms in total. The molecule has 0 fully saturated rings. The molecule has 0 radical (unpaired) electrons. The summed E-state index contributed by atoms with van der Waals surface area (Å²) in [5, 5.41) is 1.25. The van der Waals surface area contributed by atoms with E-state index in [2.05, 4.69) is 60.4 Å². The Bertz CT molecular complexity index is 1480. The number of amides is 2. The second-order valence-electron chi connectivity index (χ2n) is 12.7. The lowest BCUT2D eigenvalue weighted by atomic mass is 9.92. The summed E-state index contributed by atoms with van der Waals surface area (Å²) in [6, 6.07) is 29.0. The van der Waals surface area contributed by atoms with Crippen LogP contribution in [0.4, 0.5) is 0 Å². The Morgan fingerprint density at radius 2 is 1.40 bits per heavy atom. The van der Waals surface area contributed by atoms with Crippen LogP contribution >= 0.6 is 0 Å². The third-order valence-corrected chi connectivity index (χ3v) is 9.43. The van der Waals surface area contributed by atoms with Crippen molar-refractivity contribution in [1.29, 1.82) is 0 Å². The van der Waals surface area contributed by atoms with Crippen LogP contribution in [0.25, 0.3) is 10.9 Å². The number of carbonyl (C=O) groups excluding carboxylic acids is 2. The minimum absolute atomic E-state index is 0.105. The Morgan fingerprint density at radius 3 is 2.13 bits per heavy atom. The number of aromatic amines is 1. The van der Waals surface area contributed by atoms with E-state index in [1.54, 1.807) is 0 Å². The van der Waals surface area contributed by atoms with Gasteiger partial charge in [0.2, 0.25) is 11.8 Å². The maximum absolute atomic E-state index is 14.0. The van der Waals surface area contributed by atoms with Crippen LogP contribution in [0.2, 0.25) is 0 Å². The van der Waals surface area contributed by atoms with Gasteiger partial charge in [-0.1, -0.05) is 137 Å². The van der Waals surface area contributed by atoms with Crippen LogP contribution in [-0.4, -0.2) is 46.2 Å². The number of nitrogens with one attached hydrogen (secondary N) is 1. The quantitative estimate of drug-likeness (QED) is 0.122. The maximum Gasteiger partial charge on any atom is 0.225 e. The summed E-state index contributed by atoms with van der Waals surface area (Å²) in [7, 11) is 0. The molecule has 5 rings (SSSR count). The number of hydrogen-bond donors (Lipinski definition) is 1. The summed E-state index contributed by atoms with van der Waals surface area (Å²) in [5.74, 6) is 0.284. The average molecular weight is 606 g/mol. The topological polar surface area (TPSA) is 56.4 Å². The molecule has 0 bridgehead atoms. The summed E-state index contributed by atoms with van der Waals surface area (Å²) in [6.07, 6.45) is 13.6. The van der Waals surface area contributed by atoms with E-state index in [9.17, 15) is 9.59 Å². The highest BCUT2D eigenvalue weighted by atomic mass is 16.2. The zero-order chi connectivity index (χ0) is 31.3. The Hall–Kier alpha value is -3.86. The van der Waals surface area contributed by atoms with E-state index in [1.165, 1.54) is 61.5 Å². The van der Waals surface area contributed by atoms with Crippen LogP contribution in [0.5, 0.6) is 0 Å². The first kappa shape index (κ1) is 32.5. The van der Waals surface area contributed by atoms with E-state index in [-0.39, 0.29) is 17.9 Å². The summed E-state index contributed by atoms with van der Waals surface area (Å²) in [5.41, 5.74) is 5.87. The van der Waals surface area contributed by atoms with Crippen LogP contribution < -0.4 is 0 Å². The zero-order valence-electron chi connectivity index (χ0n) is 27.2. The maximum atomic E-state index is 14.0. The molecule has 1 N–H and O–H groups in total. The van der Waals surface area contributed by atoms with Crippen molar-refractivity contribution in [2.24, 2.45) is 0 Å². The predicted octanol–water partition coefficient (Wildman–Crippen LogP) is 9.02. The van der Waals surface area contributed by atoms with Gasteiger partial charge >= 0.3 is 0 Å². The molecule has 1 aliphatic rings. The van der Waals surface area contributed by atoms with Gasteiger partial charge in [-0.15, -0.1) is 0 Å². The first-order chi connectivity index (χ1) is 22.2. The van der Waals surface area contributed by atoms with Gasteiger partial charge in [-0.05, 0) is 42.0 Å². The minimum Gasteiger partial charge on any atom is -0.356 e. The van der Waals surface area contributed by atoms with E-state index in [1.807, 2.05) is 46.2 Å². The second-order valence-corrected chi connectivity index (χ2v) is 12.7. The molecule has 4 aromatic rings. The van der Waals surface area contributed by atoms with Crippen molar-refractivity contribution < 1.29 is 9.59 Å². The van der Waals surface area contributed by atoms with E-state index >= 15 is 0 Å². The number of fused-ring (bicyclic) bond motifs is 3. The molecule has 1 atom stereocenters. The average Bonchev–Trinajstić information content (AvgIpc) is 3.46. The summed E-state index contributed by atoms with van der Waals surface area (Å²) in [4.78, 5) is 35.2. The summed E-state index contributed by atoms with van der Waals surface area (Å²) >= 11 is 0. The molecule has 1 aromatic heterocycles. The number of unbranched alkanes of at least 4 members (excludes halogenated alkanes) is 8. The van der Waals surface area contributed by atoms with E-state index in [0.717, 1.165) is 42.5 Å². The molecule has 0 saturated carbocycles. The second kappa shape index (κ2) is 17.0. The molecule has 238 valence electrons. The van der Waals surface area contributed by atoms with E-state index in [0.29, 0.717) is 32.5 Å². The molecule has 2 amide bonds. The lowest BCUT2D eigenvalue weighted by molar-refractivity contribution is -0.135. The van der Waals surface area contributed by atoms with Gasteiger partial charge < -0.3 is 14.8 Å². The van der Waals surface area contributed by atoms with E-state index < -0.39 is 0 Å². The largest absolute Gasteiger partial charge is 0.356 e. The lowest BCUT2D eigenvalue weighted by Crippen LogP contribution is -2.43. The number of H-pyrrole nitrogens is 1. The number of para-hydroxylation sites is 1. The number of aromatic nitrogens is 1. The Morgan fingerprint density at radius 1 is 0.756 bits per heavy atom. The van der Waals surface area contributed by atoms with Crippen LogP contribution in [0.3, 0.4) is 0 Å². The standard InChI is InChI=1S/C40H51N3O2/c1-2-3-4-5-6-7-8-9-16-25-37(44)42(29-26-32-19-12-10-13-20-32)30-28-38(45)43-31-27-35-34-23-17-18-24-36(34)41-39(35)40(43)33-21-14-11-15-22-33/h10-15,17-24,40-41H,2-9,16,25-31H2,1H3. The van der Waals surface area contributed by atoms with Gasteiger partial charge in [0.05, 0.1) is 6.04 Å². The first-order valence-electron chi connectivity index (χ1n) is 17.4. The molecule has 2 heterocycles. The highest BCUT2D eigenvalue weighted by molar-refractivity contribution is 5.87. The molecular formula is C40H51N3O2. The third-order valence-electron chi connectivity index (χ3n) is 9.43. The minimum atomic E-state index is -0.162. The van der Waals surface area contributed by atoms with Crippen molar-refractivity contribution >= 4 is 22.7 Å². The van der Waals surface area contributed by atoms with E-state index in [4.69, 9.17) is 0 Å². The number of hydrogen-bond acceptors (Lipinski definition) is 2. The molecule has 45 heavy (non-hydrogen) atoms. The molecular weight excluding hydrogens is 554 g/mol. The van der Waals surface area contributed by atoms with Gasteiger partial charge in [0.25, 0.3) is 0 Å². The van der Waals surface area contributed by atoms with Gasteiger partial charge in [0.15, 0.2) is 0 Å². The lowest BCUT2D eigenvalue weighted by Gasteiger charge is -2.37. The molecule has 0 spiro atoms. The molecule has 1 unspecified atom stereocenters. The van der Waals surface area contributed by atoms with Crippen LogP contribution in [0, 0.1) is 0 Å². The Labute approximate surface area is 270 Å².